The van der Waals surface area contributed by atoms with E-state index >= 15 is 0 Å². The number of hydrogen-bond acceptors (Lipinski definition) is 27. The molecule has 0 aromatic heterocycles. The number of aliphatic hydroxyl groups is 14. The van der Waals surface area contributed by atoms with Gasteiger partial charge in [0.25, 0.3) is 0 Å². The Bertz CT molecular complexity index is 1490. The average Bonchev–Trinajstić information content (AvgIpc) is 3.27. The molecule has 0 bridgehead atoms. The first-order valence-electron chi connectivity index (χ1n) is 20.2. The van der Waals surface area contributed by atoms with Crippen molar-refractivity contribution in [2.75, 3.05) is 40.1 Å². The van der Waals surface area contributed by atoms with Crippen LogP contribution in [0.15, 0.2) is 0 Å². The van der Waals surface area contributed by atoms with Gasteiger partial charge in [-0.15, -0.1) is 0 Å². The first kappa shape index (κ1) is 52.9. The molecule has 0 aromatic rings. The van der Waals surface area contributed by atoms with E-state index in [9.17, 15) is 81.5 Å². The molecule has 5 aliphatic rings. The highest BCUT2D eigenvalue weighted by Gasteiger charge is 2.57. The van der Waals surface area contributed by atoms with Crippen molar-refractivity contribution in [2.24, 2.45) is 0 Å². The average molecular weight is 942 g/mol. The van der Waals surface area contributed by atoms with Crippen LogP contribution in [0.2, 0.25) is 0 Å². The summed E-state index contributed by atoms with van der Waals surface area (Å²) >= 11 is 0. The maximum Gasteiger partial charge on any atom is 0.331 e. The van der Waals surface area contributed by atoms with Gasteiger partial charge in [-0.05, 0) is 0 Å². The van der Waals surface area contributed by atoms with E-state index in [1.54, 1.807) is 0 Å². The lowest BCUT2D eigenvalue weighted by Crippen LogP contribution is -2.89. The third-order valence-electron chi connectivity index (χ3n) is 11.5. The summed E-state index contributed by atoms with van der Waals surface area (Å²) in [5.41, 5.74) is 0. The topological polar surface area (TPSA) is 448 Å². The normalized spacial score (nSPS) is 48.2. The van der Waals surface area contributed by atoms with E-state index in [1.165, 1.54) is 14.0 Å². The fraction of sp³-hybridized carbons (Fsp3) is 0.943. The number of amides is 1. The molecule has 25 atom stereocenters. The Morgan fingerprint density at radius 3 is 1.56 bits per heavy atom. The molecule has 0 radical (unpaired) electrons. The minimum atomic E-state index is -2.18. The molecule has 29 heteroatoms. The lowest BCUT2D eigenvalue weighted by Gasteiger charge is -2.50. The molecule has 1 amide bonds. The van der Waals surface area contributed by atoms with E-state index in [0.717, 1.165) is 6.92 Å². The number of nitrogens with one attached hydrogen (secondary N) is 2. The number of aliphatic hydroxyl groups excluding tert-OH is 14. The lowest BCUT2D eigenvalue weighted by molar-refractivity contribution is -0.582. The molecule has 17 N–H and O–H groups in total. The monoisotopic (exact) mass is 941 g/mol. The Labute approximate surface area is 363 Å². The molecule has 0 aliphatic carbocycles. The Hall–Kier alpha value is -2.06. The molecule has 5 fully saturated rings. The summed E-state index contributed by atoms with van der Waals surface area (Å²) in [6.07, 6.45) is -41.8. The van der Waals surface area contributed by atoms with Gasteiger partial charge in [-0.2, -0.15) is 0 Å². The number of rotatable bonds is 16. The Morgan fingerprint density at radius 1 is 0.531 bits per heavy atom. The molecule has 0 aromatic carbocycles. The zero-order valence-electron chi connectivity index (χ0n) is 34.6. The summed E-state index contributed by atoms with van der Waals surface area (Å²) in [4.78, 5) is 19.9. The van der Waals surface area contributed by atoms with Crippen LogP contribution in [0.5, 0.6) is 0 Å². The Kier molecular flexibility index (Phi) is 19.3. The number of methoxy groups -OCH3 is 1. The predicted molar refractivity (Wildman–Crippen MR) is 196 cm³/mol. The molecule has 0 unspecified atom stereocenters. The number of ether oxygens (including phenoxy) is 10. The van der Waals surface area contributed by atoms with E-state index in [1.807, 2.05) is 0 Å². The second-order valence-electron chi connectivity index (χ2n) is 15.7. The highest BCUT2D eigenvalue weighted by molar-refractivity contribution is 5.73. The van der Waals surface area contributed by atoms with Crippen LogP contribution in [-0.4, -0.2) is 282 Å². The summed E-state index contributed by atoms with van der Waals surface area (Å²) in [5.74, 6) is -0.661. The van der Waals surface area contributed by atoms with Gasteiger partial charge < -0.3 is 124 Å². The van der Waals surface area contributed by atoms with Crippen molar-refractivity contribution in [3.8, 4) is 0 Å². The van der Waals surface area contributed by atoms with Crippen LogP contribution in [0.3, 0.4) is 0 Å². The van der Waals surface area contributed by atoms with E-state index in [-0.39, 0.29) is 5.90 Å². The van der Waals surface area contributed by atoms with Crippen molar-refractivity contribution in [3.05, 3.63) is 0 Å². The van der Waals surface area contributed by atoms with Crippen molar-refractivity contribution in [1.82, 2.24) is 5.32 Å². The fourth-order valence-corrected chi connectivity index (χ4v) is 7.90. The first-order valence-corrected chi connectivity index (χ1v) is 20.2. The molecular weight excluding hydrogens is 880 g/mol. The predicted octanol–water partition coefficient (Wildman–Crippen LogP) is -12.1. The van der Waals surface area contributed by atoms with Crippen molar-refractivity contribution in [3.63, 3.8) is 0 Å². The Morgan fingerprint density at radius 2 is 1.02 bits per heavy atom. The van der Waals surface area contributed by atoms with Gasteiger partial charge in [0.1, 0.15) is 110 Å². The van der Waals surface area contributed by atoms with Crippen LogP contribution in [0, 0.1) is 0 Å². The lowest BCUT2D eigenvalue weighted by atomic mass is 9.94. The van der Waals surface area contributed by atoms with Crippen LogP contribution in [0.25, 0.3) is 0 Å². The largest absolute Gasteiger partial charge is 0.452 e. The molecule has 5 rings (SSSR count). The summed E-state index contributed by atoms with van der Waals surface area (Å²) in [6, 6.07) is -3.00. The minimum Gasteiger partial charge on any atom is -0.452 e. The zero-order valence-corrected chi connectivity index (χ0v) is 34.6. The van der Waals surface area contributed by atoms with Gasteiger partial charge >= 0.3 is 5.90 Å². The van der Waals surface area contributed by atoms with E-state index in [0.29, 0.717) is 0 Å². The van der Waals surface area contributed by atoms with Gasteiger partial charge in [-0.3, -0.25) is 10.1 Å². The van der Waals surface area contributed by atoms with E-state index in [2.05, 4.69) is 15.2 Å². The van der Waals surface area contributed by atoms with Crippen LogP contribution in [0.4, 0.5) is 0 Å². The van der Waals surface area contributed by atoms with Crippen LogP contribution in [0.1, 0.15) is 13.8 Å². The second-order valence-corrected chi connectivity index (χ2v) is 15.7. The quantitative estimate of drug-likeness (QED) is 0.0296. The highest BCUT2D eigenvalue weighted by atomic mass is 17.1. The summed E-state index contributed by atoms with van der Waals surface area (Å²) < 4.78 is 56.4. The summed E-state index contributed by atoms with van der Waals surface area (Å²) in [6.45, 7) is -1.88. The molecule has 5 heterocycles. The van der Waals surface area contributed by atoms with Crippen LogP contribution >= 0.6 is 0 Å². The van der Waals surface area contributed by atoms with Gasteiger partial charge in [0.2, 0.25) is 18.2 Å². The van der Waals surface area contributed by atoms with E-state index in [4.69, 9.17) is 47.4 Å². The molecule has 372 valence electrons. The zero-order chi connectivity index (χ0) is 47.3. The second kappa shape index (κ2) is 23.3. The van der Waals surface area contributed by atoms with E-state index < -0.39 is 192 Å². The van der Waals surface area contributed by atoms with Crippen molar-refractivity contribution in [1.29, 1.82) is 0 Å². The van der Waals surface area contributed by atoms with Gasteiger partial charge in [0.15, 0.2) is 31.3 Å². The molecule has 64 heavy (non-hydrogen) atoms. The van der Waals surface area contributed by atoms with Crippen molar-refractivity contribution < 1.29 is 139 Å². The molecular formula is C35H61N2O27+. The molecule has 0 saturated carbocycles. The maximum absolute atomic E-state index is 12.5. The number of carbonyl (C=O) groups excluding carboxylic acids is 1. The molecule has 5 aliphatic heterocycles. The number of hydrogen-bond donors (Lipinski definition) is 17. The standard InChI is InChI=1S/C35H60N2O27/c1-9(42)36-16-21(46)27(13(6-40)59-32(16)62-28-14(7-41)56-31(52)17(29(28)64-53)37-10(2)54-3)61-35-26(51)30(63-34-25(50)23(48)19(44)12(5-39)58-34)20(45)15(60-35)8-55-33-24(49)22(47)18(43)11(4-38)57-33/h11-35,38-41,43-53H,4-8H2,1-3H3,(H,36,42)/p+1/t11-,12-,13-,14-,15-,16-,17-,18-,19-,20-,21-,22+,23+,24+,25+,26+,27-,28-,29-,30+,31+,32+,33+,34-,35+/m1/s1. The summed E-state index contributed by atoms with van der Waals surface area (Å²) in [7, 11) is 1.30. The molecule has 5 saturated heterocycles. The smallest absolute Gasteiger partial charge is 0.331 e. The van der Waals surface area contributed by atoms with Gasteiger partial charge in [0.05, 0.1) is 47.1 Å². The number of carbonyl (C=O) groups is 1. The fourth-order valence-electron chi connectivity index (χ4n) is 7.90. The first-order chi connectivity index (χ1) is 30.3. The third kappa shape index (κ3) is 11.4. The van der Waals surface area contributed by atoms with Crippen LogP contribution in [-0.2, 0) is 57.1 Å². The van der Waals surface area contributed by atoms with Crippen molar-refractivity contribution in [2.45, 2.75) is 167 Å². The minimum absolute atomic E-state index is 0.125. The third-order valence-corrected chi connectivity index (χ3v) is 11.5. The molecule has 0 spiro atoms. The Balaban J connectivity index is 1.43. The molecule has 29 nitrogen and oxygen atoms in total. The van der Waals surface area contributed by atoms with Gasteiger partial charge in [-0.25, -0.2) is 9.88 Å². The van der Waals surface area contributed by atoms with Crippen LogP contribution < -0.4 is 10.3 Å². The maximum atomic E-state index is 12.5. The van der Waals surface area contributed by atoms with Gasteiger partial charge in [0, 0.05) is 6.92 Å². The highest BCUT2D eigenvalue weighted by Crippen LogP contribution is 2.35. The van der Waals surface area contributed by atoms with Gasteiger partial charge in [-0.1, -0.05) is 0 Å². The summed E-state index contributed by atoms with van der Waals surface area (Å²) in [5, 5.41) is 160. The SMILES string of the molecule is COC(C)=[NH+][C@@H]1[C@@H](OO)[C@H](O[C@@H]2O[C@H](CO)[C@@H](O[C@@H]3O[C@H](CO[C@H]4O[C@H](CO)[C@@H](O)[C@H](O)[C@@H]4O)[C@@H](O)[C@H](O[C@H]4O[C@H](CO)[C@@H](O)[C@H](O)[C@@H]4O)[C@@H]3O)[C@H](O)[C@H]2NC(C)=O)[C@@H](CO)O[C@@H]1O. The van der Waals surface area contributed by atoms with Crippen molar-refractivity contribution >= 4 is 11.8 Å².